The smallest absolute Gasteiger partial charge is 0.129 e. The van der Waals surface area contributed by atoms with Crippen molar-refractivity contribution in [3.05, 3.63) is 71.3 Å². The van der Waals surface area contributed by atoms with Crippen LogP contribution in [0.15, 0.2) is 48.5 Å². The molecular weight excluding hydrogens is 242 g/mol. The van der Waals surface area contributed by atoms with Gasteiger partial charge < -0.3 is 0 Å². The van der Waals surface area contributed by atoms with Gasteiger partial charge >= 0.3 is 0 Å². The normalized spacial score (nSPS) is 12.4. The second-order valence-electron chi connectivity index (χ2n) is 3.78. The van der Waals surface area contributed by atoms with Crippen LogP contribution in [0.25, 0.3) is 0 Å². The summed E-state index contributed by atoms with van der Waals surface area (Å²) in [6.07, 6.45) is 0.143. The third-order valence-corrected chi connectivity index (χ3v) is 3.01. The van der Waals surface area contributed by atoms with E-state index < -0.39 is 17.0 Å². The molecule has 0 amide bonds. The molecule has 88 valence electrons. The molecule has 0 aliphatic heterocycles. The van der Waals surface area contributed by atoms with Gasteiger partial charge in [0.1, 0.15) is 11.6 Å². The van der Waals surface area contributed by atoms with Crippen LogP contribution in [-0.2, 0) is 6.42 Å². The van der Waals surface area contributed by atoms with E-state index in [1.165, 1.54) is 18.2 Å². The third-order valence-electron chi connectivity index (χ3n) is 2.61. The van der Waals surface area contributed by atoms with Crippen molar-refractivity contribution in [2.24, 2.45) is 0 Å². The first-order valence-corrected chi connectivity index (χ1v) is 5.74. The van der Waals surface area contributed by atoms with Gasteiger partial charge in [-0.1, -0.05) is 36.4 Å². The second-order valence-corrected chi connectivity index (χ2v) is 4.31. The van der Waals surface area contributed by atoms with Crippen molar-refractivity contribution in [1.82, 2.24) is 0 Å². The Bertz CT molecular complexity index is 477. The number of hydrogen-bond acceptors (Lipinski definition) is 0. The third kappa shape index (κ3) is 2.83. The van der Waals surface area contributed by atoms with Gasteiger partial charge in [0.25, 0.3) is 0 Å². The topological polar surface area (TPSA) is 0 Å². The van der Waals surface area contributed by atoms with Crippen LogP contribution in [0.2, 0.25) is 0 Å². The molecule has 0 saturated heterocycles. The molecule has 1 atom stereocenters. The summed E-state index contributed by atoms with van der Waals surface area (Å²) >= 11 is 6.15. The standard InChI is InChI=1S/C14H11ClF2/c15-12(10-5-2-1-3-6-10)9-11-13(16)7-4-8-14(11)17/h1-8,12H,9H2. The first kappa shape index (κ1) is 12.1. The number of benzene rings is 2. The SMILES string of the molecule is Fc1cccc(F)c1CC(Cl)c1ccccc1. The van der Waals surface area contributed by atoms with Crippen molar-refractivity contribution >= 4 is 11.6 Å². The van der Waals surface area contributed by atoms with E-state index in [1.54, 1.807) is 0 Å². The van der Waals surface area contributed by atoms with Crippen molar-refractivity contribution in [1.29, 1.82) is 0 Å². The molecule has 0 aromatic heterocycles. The van der Waals surface area contributed by atoms with Gasteiger partial charge in [-0.2, -0.15) is 0 Å². The molecule has 0 spiro atoms. The maximum absolute atomic E-state index is 13.4. The van der Waals surface area contributed by atoms with Crippen LogP contribution < -0.4 is 0 Å². The van der Waals surface area contributed by atoms with E-state index in [2.05, 4.69) is 0 Å². The lowest BCUT2D eigenvalue weighted by Crippen LogP contribution is -2.01. The van der Waals surface area contributed by atoms with Crippen LogP contribution in [0.3, 0.4) is 0 Å². The van der Waals surface area contributed by atoms with Crippen LogP contribution in [0.4, 0.5) is 8.78 Å². The highest BCUT2D eigenvalue weighted by atomic mass is 35.5. The van der Waals surface area contributed by atoms with Crippen LogP contribution >= 0.6 is 11.6 Å². The molecule has 2 aromatic carbocycles. The molecule has 2 aromatic rings. The molecular formula is C14H11ClF2. The fourth-order valence-corrected chi connectivity index (χ4v) is 1.99. The molecule has 0 N–H and O–H groups in total. The summed E-state index contributed by atoms with van der Waals surface area (Å²) in [7, 11) is 0. The van der Waals surface area contributed by atoms with E-state index in [9.17, 15) is 8.78 Å². The van der Waals surface area contributed by atoms with Gasteiger partial charge in [-0.05, 0) is 24.1 Å². The van der Waals surface area contributed by atoms with Crippen molar-refractivity contribution in [3.8, 4) is 0 Å². The molecule has 0 nitrogen and oxygen atoms in total. The average molecular weight is 253 g/mol. The predicted molar refractivity (Wildman–Crippen MR) is 65.1 cm³/mol. The fourth-order valence-electron chi connectivity index (χ4n) is 1.69. The summed E-state index contributed by atoms with van der Waals surface area (Å²) in [5.41, 5.74) is 0.896. The average Bonchev–Trinajstić information content (AvgIpc) is 2.35. The first-order valence-electron chi connectivity index (χ1n) is 5.30. The number of rotatable bonds is 3. The molecule has 0 aliphatic carbocycles. The molecule has 0 fully saturated rings. The van der Waals surface area contributed by atoms with Crippen LogP contribution in [0.1, 0.15) is 16.5 Å². The van der Waals surface area contributed by atoms with Gasteiger partial charge in [-0.15, -0.1) is 11.6 Å². The van der Waals surface area contributed by atoms with Gasteiger partial charge in [-0.25, -0.2) is 8.78 Å². The molecule has 0 radical (unpaired) electrons. The zero-order chi connectivity index (χ0) is 12.3. The van der Waals surface area contributed by atoms with Gasteiger partial charge in [0.05, 0.1) is 5.38 Å². The van der Waals surface area contributed by atoms with Crippen molar-refractivity contribution in [2.45, 2.75) is 11.8 Å². The Hall–Kier alpha value is -1.41. The molecule has 0 saturated carbocycles. The predicted octanol–water partition coefficient (Wildman–Crippen LogP) is 4.49. The Morgan fingerprint density at radius 2 is 1.47 bits per heavy atom. The van der Waals surface area contributed by atoms with E-state index in [4.69, 9.17) is 11.6 Å². The zero-order valence-corrected chi connectivity index (χ0v) is 9.79. The Kier molecular flexibility index (Phi) is 3.75. The van der Waals surface area contributed by atoms with Gasteiger partial charge in [0.15, 0.2) is 0 Å². The summed E-state index contributed by atoms with van der Waals surface area (Å²) in [6.45, 7) is 0. The molecule has 1 unspecified atom stereocenters. The Labute approximate surface area is 104 Å². The minimum atomic E-state index is -0.549. The second kappa shape index (κ2) is 5.28. The highest BCUT2D eigenvalue weighted by Crippen LogP contribution is 2.27. The number of alkyl halides is 1. The lowest BCUT2D eigenvalue weighted by Gasteiger charge is -2.11. The lowest BCUT2D eigenvalue weighted by atomic mass is 10.0. The maximum Gasteiger partial charge on any atom is 0.129 e. The van der Waals surface area contributed by atoms with E-state index in [-0.39, 0.29) is 12.0 Å². The number of hydrogen-bond donors (Lipinski definition) is 0. The van der Waals surface area contributed by atoms with Gasteiger partial charge in [0, 0.05) is 5.56 Å². The van der Waals surface area contributed by atoms with E-state index in [1.807, 2.05) is 30.3 Å². The monoisotopic (exact) mass is 252 g/mol. The first-order chi connectivity index (χ1) is 8.18. The quantitative estimate of drug-likeness (QED) is 0.706. The van der Waals surface area contributed by atoms with Crippen molar-refractivity contribution < 1.29 is 8.78 Å². The van der Waals surface area contributed by atoms with E-state index >= 15 is 0 Å². The van der Waals surface area contributed by atoms with Gasteiger partial charge in [-0.3, -0.25) is 0 Å². The van der Waals surface area contributed by atoms with Crippen molar-refractivity contribution in [2.75, 3.05) is 0 Å². The minimum absolute atomic E-state index is 0.0383. The molecule has 0 heterocycles. The van der Waals surface area contributed by atoms with E-state index in [0.717, 1.165) is 5.56 Å². The van der Waals surface area contributed by atoms with E-state index in [0.29, 0.717) is 0 Å². The molecule has 17 heavy (non-hydrogen) atoms. The van der Waals surface area contributed by atoms with Crippen molar-refractivity contribution in [3.63, 3.8) is 0 Å². The molecule has 3 heteroatoms. The molecule has 0 bridgehead atoms. The minimum Gasteiger partial charge on any atom is -0.207 e. The Morgan fingerprint density at radius 3 is 2.06 bits per heavy atom. The Balaban J connectivity index is 2.22. The van der Waals surface area contributed by atoms with Crippen LogP contribution in [0, 0.1) is 11.6 Å². The molecule has 0 aliphatic rings. The fraction of sp³-hybridized carbons (Fsp3) is 0.143. The maximum atomic E-state index is 13.4. The van der Waals surface area contributed by atoms with Gasteiger partial charge in [0.2, 0.25) is 0 Å². The highest BCUT2D eigenvalue weighted by molar-refractivity contribution is 6.20. The summed E-state index contributed by atoms with van der Waals surface area (Å²) in [5, 5.41) is -0.428. The summed E-state index contributed by atoms with van der Waals surface area (Å²) in [6, 6.07) is 13.1. The largest absolute Gasteiger partial charge is 0.207 e. The Morgan fingerprint density at radius 1 is 0.882 bits per heavy atom. The molecule has 2 rings (SSSR count). The lowest BCUT2D eigenvalue weighted by molar-refractivity contribution is 0.553. The summed E-state index contributed by atoms with van der Waals surface area (Å²) < 4.78 is 26.9. The van der Waals surface area contributed by atoms with Crippen LogP contribution in [-0.4, -0.2) is 0 Å². The highest BCUT2D eigenvalue weighted by Gasteiger charge is 2.14. The summed E-state index contributed by atoms with van der Waals surface area (Å²) in [4.78, 5) is 0. The number of halogens is 3. The van der Waals surface area contributed by atoms with Crippen LogP contribution in [0.5, 0.6) is 0 Å². The zero-order valence-electron chi connectivity index (χ0n) is 9.04. The summed E-state index contributed by atoms with van der Waals surface area (Å²) in [5.74, 6) is -1.10.